The first-order valence-electron chi connectivity index (χ1n) is 16.3. The van der Waals surface area contributed by atoms with Gasteiger partial charge in [0.2, 0.25) is 17.7 Å². The lowest BCUT2D eigenvalue weighted by molar-refractivity contribution is -0.148. The number of methoxy groups -OCH3 is 1. The van der Waals surface area contributed by atoms with Gasteiger partial charge in [-0.15, -0.1) is 0 Å². The highest BCUT2D eigenvalue weighted by atomic mass is 16.6. The number of aryl methyl sites for hydroxylation is 1. The van der Waals surface area contributed by atoms with Crippen LogP contribution in [0, 0.1) is 0 Å². The number of esters is 1. The third kappa shape index (κ3) is 9.32. The summed E-state index contributed by atoms with van der Waals surface area (Å²) < 4.78 is 12.2. The second kappa shape index (κ2) is 15.4. The summed E-state index contributed by atoms with van der Waals surface area (Å²) in [6, 6.07) is 6.49. The van der Waals surface area contributed by atoms with E-state index in [4.69, 9.17) is 9.47 Å². The lowest BCUT2D eigenvalue weighted by atomic mass is 9.92. The largest absolute Gasteiger partial charge is 0.467 e. The minimum atomic E-state index is -1.24. The van der Waals surface area contributed by atoms with E-state index in [0.29, 0.717) is 38.6 Å². The van der Waals surface area contributed by atoms with Crippen molar-refractivity contribution in [2.45, 2.75) is 108 Å². The van der Waals surface area contributed by atoms with Crippen molar-refractivity contribution >= 4 is 29.8 Å². The maximum atomic E-state index is 14.1. The van der Waals surface area contributed by atoms with Crippen molar-refractivity contribution in [1.29, 1.82) is 0 Å². The van der Waals surface area contributed by atoms with Crippen LogP contribution in [0.3, 0.4) is 0 Å². The Morgan fingerprint density at radius 1 is 0.979 bits per heavy atom. The van der Waals surface area contributed by atoms with Crippen molar-refractivity contribution in [2.24, 2.45) is 7.05 Å². The number of nitrogens with zero attached hydrogens (tertiary/aromatic N) is 3. The van der Waals surface area contributed by atoms with Gasteiger partial charge in [0.05, 0.1) is 13.4 Å². The van der Waals surface area contributed by atoms with Crippen LogP contribution in [0.1, 0.15) is 77.0 Å². The highest BCUT2D eigenvalue weighted by Gasteiger charge is 2.46. The van der Waals surface area contributed by atoms with E-state index in [1.807, 2.05) is 30.3 Å². The van der Waals surface area contributed by atoms with E-state index in [1.54, 1.807) is 44.9 Å². The number of carbonyl (C=O) groups is 5. The first-order chi connectivity index (χ1) is 22.3. The summed E-state index contributed by atoms with van der Waals surface area (Å²) in [5.74, 6) is -1.90. The van der Waals surface area contributed by atoms with Crippen LogP contribution < -0.4 is 16.0 Å². The van der Waals surface area contributed by atoms with Gasteiger partial charge in [-0.3, -0.25) is 14.4 Å². The zero-order valence-electron chi connectivity index (χ0n) is 28.0. The van der Waals surface area contributed by atoms with Crippen molar-refractivity contribution in [3.05, 3.63) is 54.1 Å². The van der Waals surface area contributed by atoms with Crippen molar-refractivity contribution in [2.75, 3.05) is 13.7 Å². The van der Waals surface area contributed by atoms with Crippen LogP contribution in [-0.2, 0) is 48.5 Å². The van der Waals surface area contributed by atoms with Gasteiger partial charge >= 0.3 is 12.1 Å². The van der Waals surface area contributed by atoms with E-state index in [1.165, 1.54) is 12.0 Å². The summed E-state index contributed by atoms with van der Waals surface area (Å²) >= 11 is 0. The standard InChI is InChI=1S/C34H48N6O7/c1-33(2,3)47-32(45)37-25(20-24-21-35-22-39(24)4)29(42)40-18-12-9-15-27(40)28(41)38-34(16-10-11-17-34)31(44)36-26(30(43)46-5)19-23-13-7-6-8-14-23/h6-8,13-14,21-22,25-27H,9-12,15-20H2,1-5H3,(H,36,44)(H,37,45)(H,38,41)/t25-,26-,27+/m0/s1. The van der Waals surface area contributed by atoms with Gasteiger partial charge in [-0.2, -0.15) is 0 Å². The number of amides is 4. The zero-order valence-corrected chi connectivity index (χ0v) is 28.0. The Balaban J connectivity index is 1.53. The Morgan fingerprint density at radius 2 is 1.68 bits per heavy atom. The molecule has 4 rings (SSSR count). The predicted octanol–water partition coefficient (Wildman–Crippen LogP) is 2.57. The minimum Gasteiger partial charge on any atom is -0.467 e. The Kier molecular flexibility index (Phi) is 11.6. The lowest BCUT2D eigenvalue weighted by Crippen LogP contribution is -2.64. The highest BCUT2D eigenvalue weighted by molar-refractivity contribution is 5.97. The third-order valence-corrected chi connectivity index (χ3v) is 8.74. The molecule has 0 radical (unpaired) electrons. The molecule has 1 saturated heterocycles. The molecule has 2 aliphatic rings. The quantitative estimate of drug-likeness (QED) is 0.312. The molecule has 2 heterocycles. The van der Waals surface area contributed by atoms with Crippen molar-refractivity contribution in [3.63, 3.8) is 0 Å². The van der Waals surface area contributed by atoms with Gasteiger partial charge < -0.3 is 34.9 Å². The Hall–Kier alpha value is -4.42. The van der Waals surface area contributed by atoms with Crippen molar-refractivity contribution < 1.29 is 33.4 Å². The molecule has 0 spiro atoms. The number of imidazole rings is 1. The van der Waals surface area contributed by atoms with Gasteiger partial charge in [0.15, 0.2) is 0 Å². The number of carbonyl (C=O) groups excluding carboxylic acids is 5. The van der Waals surface area contributed by atoms with E-state index in [0.717, 1.165) is 24.1 Å². The number of benzene rings is 1. The van der Waals surface area contributed by atoms with Crippen LogP contribution in [0.5, 0.6) is 0 Å². The zero-order chi connectivity index (χ0) is 34.2. The molecule has 1 aromatic heterocycles. The van der Waals surface area contributed by atoms with Crippen LogP contribution in [0.2, 0.25) is 0 Å². The molecular weight excluding hydrogens is 604 g/mol. The Bertz CT molecular complexity index is 1410. The molecule has 0 unspecified atom stereocenters. The normalized spacial score (nSPS) is 18.8. The Labute approximate surface area is 276 Å². The van der Waals surface area contributed by atoms with Crippen molar-refractivity contribution in [1.82, 2.24) is 30.4 Å². The summed E-state index contributed by atoms with van der Waals surface area (Å²) in [6.45, 7) is 5.52. The molecule has 4 amide bonds. The minimum absolute atomic E-state index is 0.141. The fourth-order valence-electron chi connectivity index (χ4n) is 6.30. The molecule has 47 heavy (non-hydrogen) atoms. The van der Waals surface area contributed by atoms with E-state index in [-0.39, 0.29) is 12.8 Å². The molecule has 3 atom stereocenters. The lowest BCUT2D eigenvalue weighted by Gasteiger charge is -2.39. The van der Waals surface area contributed by atoms with Crippen LogP contribution in [0.15, 0.2) is 42.9 Å². The fourth-order valence-corrected chi connectivity index (χ4v) is 6.30. The third-order valence-electron chi connectivity index (χ3n) is 8.74. The molecule has 1 aliphatic heterocycles. The summed E-state index contributed by atoms with van der Waals surface area (Å²) in [6.07, 6.45) is 6.90. The summed E-state index contributed by atoms with van der Waals surface area (Å²) in [5.41, 5.74) is -0.448. The highest BCUT2D eigenvalue weighted by Crippen LogP contribution is 2.31. The predicted molar refractivity (Wildman–Crippen MR) is 173 cm³/mol. The van der Waals surface area contributed by atoms with Gasteiger partial charge in [0.25, 0.3) is 0 Å². The van der Waals surface area contributed by atoms with Crippen LogP contribution in [0.25, 0.3) is 0 Å². The van der Waals surface area contributed by atoms with Crippen LogP contribution >= 0.6 is 0 Å². The number of ether oxygens (including phenoxy) is 2. The van der Waals surface area contributed by atoms with Crippen molar-refractivity contribution in [3.8, 4) is 0 Å². The second-order valence-electron chi connectivity index (χ2n) is 13.5. The van der Waals surface area contributed by atoms with E-state index >= 15 is 0 Å². The number of hydrogen-bond acceptors (Lipinski definition) is 8. The molecule has 3 N–H and O–H groups in total. The summed E-state index contributed by atoms with van der Waals surface area (Å²) in [7, 11) is 3.07. The first kappa shape index (κ1) is 35.4. The van der Waals surface area contributed by atoms with Crippen LogP contribution in [0.4, 0.5) is 4.79 Å². The summed E-state index contributed by atoms with van der Waals surface area (Å²) in [4.78, 5) is 73.2. The number of rotatable bonds is 11. The topological polar surface area (TPSA) is 161 Å². The second-order valence-corrected chi connectivity index (χ2v) is 13.5. The number of aromatic nitrogens is 2. The van der Waals surface area contributed by atoms with Gasteiger partial charge in [-0.1, -0.05) is 43.2 Å². The number of nitrogens with one attached hydrogen (secondary N) is 3. The number of hydrogen-bond donors (Lipinski definition) is 3. The molecule has 2 fully saturated rings. The van der Waals surface area contributed by atoms with Gasteiger partial charge in [-0.25, -0.2) is 14.6 Å². The smallest absolute Gasteiger partial charge is 0.408 e. The van der Waals surface area contributed by atoms with Gasteiger partial charge in [0.1, 0.15) is 29.3 Å². The molecule has 256 valence electrons. The fraction of sp³-hybridized carbons (Fsp3) is 0.588. The maximum Gasteiger partial charge on any atom is 0.408 e. The Morgan fingerprint density at radius 3 is 2.30 bits per heavy atom. The number of likely N-dealkylation sites (tertiary alicyclic amines) is 1. The SMILES string of the molecule is COC(=O)[C@H](Cc1ccccc1)NC(=O)C1(NC(=O)[C@H]2CCCCN2C(=O)[C@H](Cc2cncn2C)NC(=O)OC(C)(C)C)CCCC1. The average molecular weight is 653 g/mol. The first-order valence-corrected chi connectivity index (χ1v) is 16.3. The molecule has 13 nitrogen and oxygen atoms in total. The van der Waals surface area contributed by atoms with E-state index < -0.39 is 59.0 Å². The van der Waals surface area contributed by atoms with Gasteiger partial charge in [-0.05, 0) is 58.4 Å². The molecule has 2 aromatic rings. The average Bonchev–Trinajstić information content (AvgIpc) is 3.68. The van der Waals surface area contributed by atoms with E-state index in [9.17, 15) is 24.0 Å². The molecule has 1 aliphatic carbocycles. The number of alkyl carbamates (subject to hydrolysis) is 1. The molecule has 13 heteroatoms. The van der Waals surface area contributed by atoms with Crippen LogP contribution in [-0.4, -0.2) is 87.2 Å². The molecule has 0 bridgehead atoms. The molecule has 1 aromatic carbocycles. The molecule has 1 saturated carbocycles. The molecular formula is C34H48N6O7. The summed E-state index contributed by atoms with van der Waals surface area (Å²) in [5, 5.41) is 8.59. The number of piperidine rings is 1. The van der Waals surface area contributed by atoms with E-state index in [2.05, 4.69) is 20.9 Å². The van der Waals surface area contributed by atoms with Gasteiger partial charge in [0, 0.05) is 38.3 Å². The monoisotopic (exact) mass is 652 g/mol. The maximum absolute atomic E-state index is 14.1.